The van der Waals surface area contributed by atoms with Crippen LogP contribution in [0.25, 0.3) is 0 Å². The molecule has 0 radical (unpaired) electrons. The number of nitrogens with two attached hydrogens (primary N) is 1. The zero-order valence-electron chi connectivity index (χ0n) is 14.5. The zero-order chi connectivity index (χ0) is 19.2. The van der Waals surface area contributed by atoms with Crippen LogP contribution in [0.1, 0.15) is 24.5 Å². The van der Waals surface area contributed by atoms with E-state index in [2.05, 4.69) is 44.1 Å². The van der Waals surface area contributed by atoms with Crippen LogP contribution >= 0.6 is 31.9 Å². The van der Waals surface area contributed by atoms with Crippen molar-refractivity contribution in [2.45, 2.75) is 31.2 Å². The van der Waals surface area contributed by atoms with Gasteiger partial charge in [0, 0.05) is 16.6 Å². The molecule has 0 amide bonds. The minimum atomic E-state index is -3.64. The van der Waals surface area contributed by atoms with Gasteiger partial charge in [-0.05, 0) is 65.1 Å². The molecule has 2 aromatic carbocycles. The molecule has 0 unspecified atom stereocenters. The van der Waals surface area contributed by atoms with Crippen LogP contribution < -0.4 is 15.2 Å². The first-order chi connectivity index (χ1) is 12.3. The highest BCUT2D eigenvalue weighted by atomic mass is 79.9. The predicted molar refractivity (Wildman–Crippen MR) is 111 cm³/mol. The number of primary sulfonamides is 1. The zero-order valence-corrected chi connectivity index (χ0v) is 18.5. The Labute approximate surface area is 171 Å². The van der Waals surface area contributed by atoms with Gasteiger partial charge < -0.3 is 10.1 Å². The van der Waals surface area contributed by atoms with Crippen LogP contribution in [0.3, 0.4) is 0 Å². The lowest BCUT2D eigenvalue weighted by Crippen LogP contribution is -2.18. The maximum atomic E-state index is 11.3. The number of halogens is 2. The number of ether oxygens (including phenoxy) is 1. The van der Waals surface area contributed by atoms with Crippen molar-refractivity contribution in [2.75, 3.05) is 13.2 Å². The monoisotopic (exact) mass is 504 g/mol. The summed E-state index contributed by atoms with van der Waals surface area (Å²) in [5.74, 6) is 0.861. The van der Waals surface area contributed by atoms with Crippen LogP contribution in [0.15, 0.2) is 50.2 Å². The van der Waals surface area contributed by atoms with Gasteiger partial charge in [-0.2, -0.15) is 0 Å². The summed E-state index contributed by atoms with van der Waals surface area (Å²) in [4.78, 5) is 0.130. The van der Waals surface area contributed by atoms with E-state index in [4.69, 9.17) is 9.88 Å². The highest BCUT2D eigenvalue weighted by Crippen LogP contribution is 2.33. The fourth-order valence-electron chi connectivity index (χ4n) is 2.41. The van der Waals surface area contributed by atoms with Gasteiger partial charge in [0.1, 0.15) is 5.75 Å². The molecule has 0 fully saturated rings. The van der Waals surface area contributed by atoms with Gasteiger partial charge in [0.25, 0.3) is 0 Å². The molecule has 2 rings (SSSR count). The summed E-state index contributed by atoms with van der Waals surface area (Å²) >= 11 is 7.07. The van der Waals surface area contributed by atoms with Gasteiger partial charge >= 0.3 is 0 Å². The molecule has 2 aromatic rings. The predicted octanol–water partition coefficient (Wildman–Crippen LogP) is 3.98. The average Bonchev–Trinajstić information content (AvgIpc) is 2.57. The van der Waals surface area contributed by atoms with Gasteiger partial charge in [-0.25, -0.2) is 13.6 Å². The topological polar surface area (TPSA) is 81.4 Å². The summed E-state index contributed by atoms with van der Waals surface area (Å²) in [6.45, 7) is 4.17. The molecule has 0 aliphatic heterocycles. The first-order valence-electron chi connectivity index (χ1n) is 8.24. The second kappa shape index (κ2) is 9.85. The van der Waals surface area contributed by atoms with E-state index in [9.17, 15) is 8.42 Å². The number of nitrogens with one attached hydrogen (secondary N) is 1. The van der Waals surface area contributed by atoms with Crippen molar-refractivity contribution in [3.63, 3.8) is 0 Å². The molecule has 5 nitrogen and oxygen atoms in total. The number of sulfonamides is 1. The van der Waals surface area contributed by atoms with Gasteiger partial charge in [-0.3, -0.25) is 0 Å². The summed E-state index contributed by atoms with van der Waals surface area (Å²) in [5, 5.41) is 8.51. The van der Waals surface area contributed by atoms with E-state index in [1.54, 1.807) is 12.1 Å². The van der Waals surface area contributed by atoms with Crippen molar-refractivity contribution in [1.29, 1.82) is 0 Å². The molecule has 0 aliphatic rings. The molecule has 8 heteroatoms. The molecule has 0 atom stereocenters. The maximum absolute atomic E-state index is 11.3. The summed E-state index contributed by atoms with van der Waals surface area (Å²) in [5.41, 5.74) is 2.12. The van der Waals surface area contributed by atoms with E-state index < -0.39 is 10.0 Å². The quantitative estimate of drug-likeness (QED) is 0.505. The minimum Gasteiger partial charge on any atom is -0.492 e. The summed E-state index contributed by atoms with van der Waals surface area (Å²) in [6.07, 6.45) is 1.73. The molecule has 0 spiro atoms. The van der Waals surface area contributed by atoms with Crippen molar-refractivity contribution in [2.24, 2.45) is 5.14 Å². The molecular weight excluding hydrogens is 484 g/mol. The molecule has 0 heterocycles. The fraction of sp³-hybridized carbons (Fsp3) is 0.333. The van der Waals surface area contributed by atoms with Crippen LogP contribution in [0, 0.1) is 0 Å². The third kappa shape index (κ3) is 6.35. The van der Waals surface area contributed by atoms with Crippen LogP contribution in [0.5, 0.6) is 5.75 Å². The Hall–Kier alpha value is -0.930. The third-order valence-electron chi connectivity index (χ3n) is 3.69. The Balaban J connectivity index is 1.93. The van der Waals surface area contributed by atoms with Crippen LogP contribution in [-0.4, -0.2) is 21.6 Å². The molecule has 3 N–H and O–H groups in total. The maximum Gasteiger partial charge on any atom is 0.238 e. The molecule has 0 aliphatic carbocycles. The Morgan fingerprint density at radius 2 is 1.85 bits per heavy atom. The van der Waals surface area contributed by atoms with Crippen molar-refractivity contribution in [3.05, 3.63) is 56.5 Å². The molecule has 0 saturated carbocycles. The lowest BCUT2D eigenvalue weighted by Gasteiger charge is -2.14. The van der Waals surface area contributed by atoms with E-state index in [1.165, 1.54) is 12.1 Å². The van der Waals surface area contributed by atoms with Gasteiger partial charge in [0.05, 0.1) is 16.0 Å². The standard InChI is InChI=1S/C18H22Br2N2O3S/c1-2-9-25-18-14(10-15(19)11-17(18)20)12-22-8-7-13-3-5-16(6-4-13)26(21,23)24/h3-6,10-11,22H,2,7-9,12H2,1H3,(H2,21,23,24). The normalized spacial score (nSPS) is 11.5. The number of benzene rings is 2. The molecule has 0 saturated heterocycles. The molecular formula is C18H22Br2N2O3S. The molecule has 0 bridgehead atoms. The van der Waals surface area contributed by atoms with Gasteiger partial charge in [0.15, 0.2) is 0 Å². The smallest absolute Gasteiger partial charge is 0.238 e. The SMILES string of the molecule is CCCOc1c(Br)cc(Br)cc1CNCCc1ccc(S(N)(=O)=O)cc1. The first-order valence-corrected chi connectivity index (χ1v) is 11.4. The lowest BCUT2D eigenvalue weighted by atomic mass is 10.1. The Kier molecular flexibility index (Phi) is 8.09. The van der Waals surface area contributed by atoms with Crippen LogP contribution in [0.4, 0.5) is 0 Å². The van der Waals surface area contributed by atoms with Gasteiger partial charge in [0.2, 0.25) is 10.0 Å². The van der Waals surface area contributed by atoms with E-state index in [1.807, 2.05) is 12.1 Å². The number of rotatable bonds is 9. The average molecular weight is 506 g/mol. The van der Waals surface area contributed by atoms with E-state index in [0.717, 1.165) is 45.2 Å². The van der Waals surface area contributed by atoms with Crippen molar-refractivity contribution >= 4 is 41.9 Å². The van der Waals surface area contributed by atoms with Crippen LogP contribution in [0.2, 0.25) is 0 Å². The Morgan fingerprint density at radius 3 is 2.46 bits per heavy atom. The second-order valence-corrected chi connectivity index (χ2v) is 9.17. The van der Waals surface area contributed by atoms with Crippen molar-refractivity contribution in [3.8, 4) is 5.75 Å². The summed E-state index contributed by atoms with van der Waals surface area (Å²) < 4.78 is 30.3. The Morgan fingerprint density at radius 1 is 1.15 bits per heavy atom. The fourth-order valence-corrected chi connectivity index (χ4v) is 4.36. The third-order valence-corrected chi connectivity index (χ3v) is 5.67. The van der Waals surface area contributed by atoms with Gasteiger partial charge in [-0.15, -0.1) is 0 Å². The van der Waals surface area contributed by atoms with Crippen molar-refractivity contribution in [1.82, 2.24) is 5.32 Å². The van der Waals surface area contributed by atoms with E-state index in [0.29, 0.717) is 13.2 Å². The second-order valence-electron chi connectivity index (χ2n) is 5.84. The van der Waals surface area contributed by atoms with Crippen LogP contribution in [-0.2, 0) is 23.0 Å². The van der Waals surface area contributed by atoms with Gasteiger partial charge in [-0.1, -0.05) is 35.0 Å². The molecule has 0 aromatic heterocycles. The first kappa shape index (κ1) is 21.4. The number of hydrogen-bond acceptors (Lipinski definition) is 4. The lowest BCUT2D eigenvalue weighted by molar-refractivity contribution is 0.311. The number of hydrogen-bond donors (Lipinski definition) is 2. The highest BCUT2D eigenvalue weighted by molar-refractivity contribution is 9.11. The van der Waals surface area contributed by atoms with Crippen molar-refractivity contribution < 1.29 is 13.2 Å². The highest BCUT2D eigenvalue weighted by Gasteiger charge is 2.10. The summed E-state index contributed by atoms with van der Waals surface area (Å²) in [6, 6.07) is 10.7. The largest absolute Gasteiger partial charge is 0.492 e. The summed E-state index contributed by atoms with van der Waals surface area (Å²) in [7, 11) is -3.64. The van der Waals surface area contributed by atoms with E-state index in [-0.39, 0.29) is 4.90 Å². The molecule has 26 heavy (non-hydrogen) atoms. The Bertz CT molecular complexity index is 840. The molecule has 142 valence electrons. The van der Waals surface area contributed by atoms with E-state index >= 15 is 0 Å². The minimum absolute atomic E-state index is 0.130.